The third-order valence-electron chi connectivity index (χ3n) is 1.55. The molecular formula is C9H8S2. The molecule has 0 radical (unpaired) electrons. The standard InChI is InChI=1S/C9H8S2/c1-7-2-3-9(11-7)8-4-5-10-6-8/h2-6H,1H3. The minimum Gasteiger partial charge on any atom is -0.152 e. The van der Waals surface area contributed by atoms with Crippen LogP contribution in [0.15, 0.2) is 29.0 Å². The molecule has 2 rings (SSSR count). The van der Waals surface area contributed by atoms with Crippen molar-refractivity contribution >= 4 is 22.7 Å². The summed E-state index contributed by atoms with van der Waals surface area (Å²) in [7, 11) is 0. The molecule has 0 saturated heterocycles. The van der Waals surface area contributed by atoms with Gasteiger partial charge in [0, 0.05) is 15.3 Å². The zero-order chi connectivity index (χ0) is 7.68. The van der Waals surface area contributed by atoms with E-state index in [0.29, 0.717) is 0 Å². The normalized spacial score (nSPS) is 10.3. The molecule has 0 aliphatic rings. The Morgan fingerprint density at radius 3 is 2.64 bits per heavy atom. The van der Waals surface area contributed by atoms with Crippen LogP contribution in [0.4, 0.5) is 0 Å². The van der Waals surface area contributed by atoms with E-state index >= 15 is 0 Å². The first-order valence-corrected chi connectivity index (χ1v) is 5.21. The molecule has 0 fully saturated rings. The lowest BCUT2D eigenvalue weighted by atomic mass is 10.3. The van der Waals surface area contributed by atoms with Gasteiger partial charge in [-0.15, -0.1) is 11.3 Å². The minimum absolute atomic E-state index is 1.35. The van der Waals surface area contributed by atoms with Crippen LogP contribution in [0, 0.1) is 6.92 Å². The molecule has 0 aromatic carbocycles. The monoisotopic (exact) mass is 180 g/mol. The van der Waals surface area contributed by atoms with Gasteiger partial charge < -0.3 is 0 Å². The molecule has 2 heteroatoms. The summed E-state index contributed by atoms with van der Waals surface area (Å²) >= 11 is 3.60. The number of aryl methyl sites for hydroxylation is 1. The van der Waals surface area contributed by atoms with E-state index in [1.165, 1.54) is 15.3 Å². The summed E-state index contributed by atoms with van der Waals surface area (Å²) in [5, 5.41) is 4.30. The Labute approximate surface area is 74.1 Å². The van der Waals surface area contributed by atoms with Crippen LogP contribution in [0.5, 0.6) is 0 Å². The zero-order valence-corrected chi connectivity index (χ0v) is 7.84. The lowest BCUT2D eigenvalue weighted by molar-refractivity contribution is 1.64. The van der Waals surface area contributed by atoms with E-state index < -0.39 is 0 Å². The first-order valence-electron chi connectivity index (χ1n) is 3.45. The maximum absolute atomic E-state index is 2.19. The molecule has 0 aliphatic carbocycles. The molecular weight excluding hydrogens is 172 g/mol. The molecule has 2 heterocycles. The summed E-state index contributed by atoms with van der Waals surface area (Å²) in [4.78, 5) is 2.76. The van der Waals surface area contributed by atoms with Crippen molar-refractivity contribution in [3.63, 3.8) is 0 Å². The summed E-state index contributed by atoms with van der Waals surface area (Å²) in [6, 6.07) is 6.51. The highest BCUT2D eigenvalue weighted by molar-refractivity contribution is 7.16. The van der Waals surface area contributed by atoms with E-state index in [1.807, 2.05) is 11.3 Å². The molecule has 2 aromatic heterocycles. The van der Waals surface area contributed by atoms with Crippen LogP contribution in [0.3, 0.4) is 0 Å². The highest BCUT2D eigenvalue weighted by Gasteiger charge is 1.98. The van der Waals surface area contributed by atoms with E-state index in [9.17, 15) is 0 Å². The highest BCUT2D eigenvalue weighted by atomic mass is 32.1. The molecule has 0 unspecified atom stereocenters. The van der Waals surface area contributed by atoms with Gasteiger partial charge in [0.15, 0.2) is 0 Å². The number of thiophene rings is 2. The smallest absolute Gasteiger partial charge is 0.0353 e. The highest BCUT2D eigenvalue weighted by Crippen LogP contribution is 2.28. The van der Waals surface area contributed by atoms with Gasteiger partial charge in [-0.05, 0) is 35.9 Å². The van der Waals surface area contributed by atoms with Crippen LogP contribution in [-0.4, -0.2) is 0 Å². The summed E-state index contributed by atoms with van der Waals surface area (Å²) in [6.07, 6.45) is 0. The SMILES string of the molecule is Cc1ccc(-c2ccsc2)s1. The fourth-order valence-electron chi connectivity index (χ4n) is 0.994. The van der Waals surface area contributed by atoms with E-state index in [-0.39, 0.29) is 0 Å². The molecule has 0 bridgehead atoms. The summed E-state index contributed by atoms with van der Waals surface area (Å²) < 4.78 is 0. The predicted octanol–water partition coefficient (Wildman–Crippen LogP) is 3.79. The van der Waals surface area contributed by atoms with Crippen molar-refractivity contribution < 1.29 is 0 Å². The summed E-state index contributed by atoms with van der Waals surface area (Å²) in [5.74, 6) is 0. The second-order valence-electron chi connectivity index (χ2n) is 2.42. The minimum atomic E-state index is 1.35. The van der Waals surface area contributed by atoms with Gasteiger partial charge >= 0.3 is 0 Å². The Hall–Kier alpha value is -0.600. The van der Waals surface area contributed by atoms with Gasteiger partial charge in [0.05, 0.1) is 0 Å². The molecule has 2 aromatic rings. The van der Waals surface area contributed by atoms with E-state index in [2.05, 4.69) is 35.9 Å². The second kappa shape index (κ2) is 2.80. The van der Waals surface area contributed by atoms with Gasteiger partial charge in [-0.3, -0.25) is 0 Å². The fraction of sp³-hybridized carbons (Fsp3) is 0.111. The molecule has 0 aliphatic heterocycles. The first-order chi connectivity index (χ1) is 5.36. The van der Waals surface area contributed by atoms with Crippen LogP contribution in [-0.2, 0) is 0 Å². The Morgan fingerprint density at radius 1 is 1.18 bits per heavy atom. The van der Waals surface area contributed by atoms with Crippen LogP contribution in [0.1, 0.15) is 4.88 Å². The topological polar surface area (TPSA) is 0 Å². The molecule has 56 valence electrons. The Bertz CT molecular complexity index is 330. The van der Waals surface area contributed by atoms with E-state index in [1.54, 1.807) is 11.3 Å². The Balaban J connectivity index is 2.45. The van der Waals surface area contributed by atoms with Gasteiger partial charge in [-0.25, -0.2) is 0 Å². The maximum atomic E-state index is 2.19. The van der Waals surface area contributed by atoms with Crippen molar-refractivity contribution in [3.05, 3.63) is 33.8 Å². The lowest BCUT2D eigenvalue weighted by Gasteiger charge is -1.86. The van der Waals surface area contributed by atoms with Crippen molar-refractivity contribution in [1.82, 2.24) is 0 Å². The third-order valence-corrected chi connectivity index (χ3v) is 3.28. The van der Waals surface area contributed by atoms with Crippen molar-refractivity contribution in [1.29, 1.82) is 0 Å². The number of rotatable bonds is 1. The van der Waals surface area contributed by atoms with E-state index in [0.717, 1.165) is 0 Å². The largest absolute Gasteiger partial charge is 0.152 e. The Kier molecular flexibility index (Phi) is 1.80. The van der Waals surface area contributed by atoms with Crippen LogP contribution < -0.4 is 0 Å². The number of hydrogen-bond donors (Lipinski definition) is 0. The van der Waals surface area contributed by atoms with Gasteiger partial charge in [0.25, 0.3) is 0 Å². The van der Waals surface area contributed by atoms with Crippen LogP contribution in [0.2, 0.25) is 0 Å². The van der Waals surface area contributed by atoms with Gasteiger partial charge in [0.1, 0.15) is 0 Å². The zero-order valence-electron chi connectivity index (χ0n) is 6.20. The molecule has 11 heavy (non-hydrogen) atoms. The van der Waals surface area contributed by atoms with Crippen molar-refractivity contribution in [2.24, 2.45) is 0 Å². The van der Waals surface area contributed by atoms with Gasteiger partial charge in [-0.2, -0.15) is 11.3 Å². The van der Waals surface area contributed by atoms with Crippen molar-refractivity contribution in [2.75, 3.05) is 0 Å². The predicted molar refractivity (Wildman–Crippen MR) is 52.4 cm³/mol. The third kappa shape index (κ3) is 1.37. The molecule has 0 spiro atoms. The van der Waals surface area contributed by atoms with Crippen LogP contribution in [0.25, 0.3) is 10.4 Å². The molecule has 0 nitrogen and oxygen atoms in total. The average molecular weight is 180 g/mol. The molecule has 0 N–H and O–H groups in total. The lowest BCUT2D eigenvalue weighted by Crippen LogP contribution is -1.58. The van der Waals surface area contributed by atoms with E-state index in [4.69, 9.17) is 0 Å². The fourth-order valence-corrected chi connectivity index (χ4v) is 2.59. The van der Waals surface area contributed by atoms with Gasteiger partial charge in [-0.1, -0.05) is 0 Å². The summed E-state index contributed by atoms with van der Waals surface area (Å²) in [6.45, 7) is 2.14. The van der Waals surface area contributed by atoms with Crippen molar-refractivity contribution in [2.45, 2.75) is 6.92 Å². The second-order valence-corrected chi connectivity index (χ2v) is 4.49. The molecule has 0 amide bonds. The molecule has 0 saturated carbocycles. The first kappa shape index (κ1) is 7.07. The Morgan fingerprint density at radius 2 is 2.09 bits per heavy atom. The molecule has 0 atom stereocenters. The maximum Gasteiger partial charge on any atom is 0.0353 e. The number of hydrogen-bond acceptors (Lipinski definition) is 2. The average Bonchev–Trinajstić information content (AvgIpc) is 2.55. The van der Waals surface area contributed by atoms with Crippen LogP contribution >= 0.6 is 22.7 Å². The summed E-state index contributed by atoms with van der Waals surface area (Å²) in [5.41, 5.74) is 1.35. The van der Waals surface area contributed by atoms with Crippen molar-refractivity contribution in [3.8, 4) is 10.4 Å². The van der Waals surface area contributed by atoms with Gasteiger partial charge in [0.2, 0.25) is 0 Å². The quantitative estimate of drug-likeness (QED) is 0.626.